The number of ether oxygens (including phenoxy) is 1. The summed E-state index contributed by atoms with van der Waals surface area (Å²) in [5.74, 6) is -1.26. The van der Waals surface area contributed by atoms with Gasteiger partial charge in [-0.3, -0.25) is 10.1 Å². The van der Waals surface area contributed by atoms with Crippen molar-refractivity contribution < 1.29 is 19.1 Å². The minimum absolute atomic E-state index is 0.218. The molecular formula is C17H27N3O4. The maximum absolute atomic E-state index is 12.2. The van der Waals surface area contributed by atoms with Crippen molar-refractivity contribution in [1.82, 2.24) is 15.2 Å². The normalized spacial score (nSPS) is 11.3. The van der Waals surface area contributed by atoms with Crippen LogP contribution in [0.3, 0.4) is 0 Å². The first-order chi connectivity index (χ1) is 10.9. The number of rotatable bonds is 4. The molecule has 0 aromatic carbocycles. The predicted octanol–water partition coefficient (Wildman–Crippen LogP) is 2.47. The van der Waals surface area contributed by atoms with Crippen molar-refractivity contribution >= 4 is 17.9 Å². The molecule has 0 saturated carbocycles. The minimum atomic E-state index is -0.678. The Morgan fingerprint density at radius 2 is 1.79 bits per heavy atom. The summed E-state index contributed by atoms with van der Waals surface area (Å²) in [4.78, 5) is 35.4. The Balaban J connectivity index is 2.62. The number of esters is 1. The number of imide groups is 1. The molecule has 1 aromatic heterocycles. The summed E-state index contributed by atoms with van der Waals surface area (Å²) in [6.07, 6.45) is 0. The number of carbonyl (C=O) groups excluding carboxylic acids is 3. The van der Waals surface area contributed by atoms with Crippen LogP contribution < -0.4 is 10.6 Å². The van der Waals surface area contributed by atoms with Crippen molar-refractivity contribution in [2.24, 2.45) is 0 Å². The van der Waals surface area contributed by atoms with E-state index in [4.69, 9.17) is 4.74 Å². The Hall–Kier alpha value is -2.31. The Kier molecular flexibility index (Phi) is 6.17. The molecule has 1 heterocycles. The van der Waals surface area contributed by atoms with Crippen LogP contribution in [0.5, 0.6) is 0 Å². The van der Waals surface area contributed by atoms with E-state index in [9.17, 15) is 14.4 Å². The summed E-state index contributed by atoms with van der Waals surface area (Å²) < 4.78 is 7.03. The molecule has 1 rings (SSSR count). The van der Waals surface area contributed by atoms with Crippen molar-refractivity contribution in [1.29, 1.82) is 0 Å². The number of aromatic nitrogens is 1. The second-order valence-corrected chi connectivity index (χ2v) is 7.08. The largest absolute Gasteiger partial charge is 0.452 e. The zero-order chi connectivity index (χ0) is 18.7. The predicted molar refractivity (Wildman–Crippen MR) is 91.0 cm³/mol. The maximum atomic E-state index is 12.2. The number of aryl methyl sites for hydroxylation is 1. The third kappa shape index (κ3) is 5.40. The van der Waals surface area contributed by atoms with Crippen LogP contribution in [-0.4, -0.2) is 34.6 Å². The van der Waals surface area contributed by atoms with Crippen LogP contribution in [0.15, 0.2) is 6.07 Å². The first kappa shape index (κ1) is 19.7. The maximum Gasteiger partial charge on any atom is 0.340 e. The summed E-state index contributed by atoms with van der Waals surface area (Å²) in [5.41, 5.74) is 1.70. The van der Waals surface area contributed by atoms with E-state index < -0.39 is 30.1 Å². The number of nitrogens with zero attached hydrogens (tertiary/aromatic N) is 1. The standard InChI is InChI=1S/C17H27N3O4/c1-10(2)20-11(3)8-13(12(20)4)15(22)24-9-14(21)18-16(23)19-17(5,6)7/h8,10H,9H2,1-7H3,(H2,18,19,21,23). The molecule has 24 heavy (non-hydrogen) atoms. The van der Waals surface area contributed by atoms with Gasteiger partial charge in [0.2, 0.25) is 0 Å². The number of nitrogens with one attached hydrogen (secondary N) is 2. The molecule has 3 amide bonds. The lowest BCUT2D eigenvalue weighted by Crippen LogP contribution is -2.49. The third-order valence-corrected chi connectivity index (χ3v) is 3.30. The van der Waals surface area contributed by atoms with E-state index in [2.05, 4.69) is 10.6 Å². The Labute approximate surface area is 142 Å². The highest BCUT2D eigenvalue weighted by atomic mass is 16.5. The van der Waals surface area contributed by atoms with E-state index >= 15 is 0 Å². The zero-order valence-corrected chi connectivity index (χ0v) is 15.4. The molecule has 0 aliphatic heterocycles. The Morgan fingerprint density at radius 3 is 2.25 bits per heavy atom. The van der Waals surface area contributed by atoms with E-state index in [0.717, 1.165) is 11.4 Å². The minimum Gasteiger partial charge on any atom is -0.452 e. The summed E-state index contributed by atoms with van der Waals surface area (Å²) in [5, 5.41) is 4.71. The van der Waals surface area contributed by atoms with Crippen LogP contribution >= 0.6 is 0 Å². The second-order valence-electron chi connectivity index (χ2n) is 7.08. The fourth-order valence-corrected chi connectivity index (χ4v) is 2.52. The molecular weight excluding hydrogens is 310 g/mol. The fraction of sp³-hybridized carbons (Fsp3) is 0.588. The van der Waals surface area contributed by atoms with Gasteiger partial charge < -0.3 is 14.6 Å². The first-order valence-corrected chi connectivity index (χ1v) is 7.90. The number of hydrogen-bond acceptors (Lipinski definition) is 4. The number of carbonyl (C=O) groups is 3. The highest BCUT2D eigenvalue weighted by Crippen LogP contribution is 2.20. The van der Waals surface area contributed by atoms with Gasteiger partial charge in [-0.15, -0.1) is 0 Å². The molecule has 0 aliphatic carbocycles. The molecule has 0 fully saturated rings. The van der Waals surface area contributed by atoms with E-state index in [1.807, 2.05) is 32.3 Å². The molecule has 0 spiro atoms. The second kappa shape index (κ2) is 7.51. The van der Waals surface area contributed by atoms with Gasteiger partial charge in [-0.25, -0.2) is 9.59 Å². The molecule has 7 heteroatoms. The van der Waals surface area contributed by atoms with Crippen molar-refractivity contribution in [3.05, 3.63) is 23.0 Å². The van der Waals surface area contributed by atoms with Crippen molar-refractivity contribution in [3.63, 3.8) is 0 Å². The van der Waals surface area contributed by atoms with Gasteiger partial charge in [0, 0.05) is 23.0 Å². The van der Waals surface area contributed by atoms with Crippen LogP contribution in [0.4, 0.5) is 4.79 Å². The number of hydrogen-bond donors (Lipinski definition) is 2. The van der Waals surface area contributed by atoms with Crippen LogP contribution in [-0.2, 0) is 9.53 Å². The third-order valence-electron chi connectivity index (χ3n) is 3.30. The molecule has 0 saturated heterocycles. The molecule has 2 N–H and O–H groups in total. The molecule has 0 aliphatic rings. The monoisotopic (exact) mass is 337 g/mol. The lowest BCUT2D eigenvalue weighted by molar-refractivity contribution is -0.123. The summed E-state index contributed by atoms with van der Waals surface area (Å²) in [6, 6.07) is 1.33. The summed E-state index contributed by atoms with van der Waals surface area (Å²) in [6.45, 7) is 12.7. The summed E-state index contributed by atoms with van der Waals surface area (Å²) in [7, 11) is 0. The van der Waals surface area contributed by atoms with Gasteiger partial charge >= 0.3 is 12.0 Å². The zero-order valence-electron chi connectivity index (χ0n) is 15.4. The van der Waals surface area contributed by atoms with Gasteiger partial charge in [-0.1, -0.05) is 0 Å². The van der Waals surface area contributed by atoms with Gasteiger partial charge in [0.25, 0.3) is 5.91 Å². The Bertz CT molecular complexity index is 639. The fourth-order valence-electron chi connectivity index (χ4n) is 2.52. The van der Waals surface area contributed by atoms with E-state index in [0.29, 0.717) is 5.56 Å². The van der Waals surface area contributed by atoms with E-state index in [1.54, 1.807) is 26.8 Å². The Morgan fingerprint density at radius 1 is 1.21 bits per heavy atom. The smallest absolute Gasteiger partial charge is 0.340 e. The van der Waals surface area contributed by atoms with Gasteiger partial charge in [-0.2, -0.15) is 0 Å². The SMILES string of the molecule is Cc1cc(C(=O)OCC(=O)NC(=O)NC(C)(C)C)c(C)n1C(C)C. The number of amides is 3. The van der Waals surface area contributed by atoms with Crippen molar-refractivity contribution in [2.45, 2.75) is 60.0 Å². The van der Waals surface area contributed by atoms with Gasteiger partial charge in [0.15, 0.2) is 6.61 Å². The average Bonchev–Trinajstić information content (AvgIpc) is 2.68. The topological polar surface area (TPSA) is 89.4 Å². The molecule has 7 nitrogen and oxygen atoms in total. The molecule has 0 bridgehead atoms. The summed E-state index contributed by atoms with van der Waals surface area (Å²) >= 11 is 0. The quantitative estimate of drug-likeness (QED) is 0.826. The molecule has 0 radical (unpaired) electrons. The van der Waals surface area contributed by atoms with E-state index in [-0.39, 0.29) is 6.04 Å². The molecule has 0 unspecified atom stereocenters. The van der Waals surface area contributed by atoms with E-state index in [1.165, 1.54) is 0 Å². The van der Waals surface area contributed by atoms with Crippen molar-refractivity contribution in [2.75, 3.05) is 6.61 Å². The molecule has 0 atom stereocenters. The highest BCUT2D eigenvalue weighted by Gasteiger charge is 2.20. The van der Waals surface area contributed by atoms with Gasteiger partial charge in [0.05, 0.1) is 5.56 Å². The lowest BCUT2D eigenvalue weighted by Gasteiger charge is -2.20. The van der Waals surface area contributed by atoms with Crippen molar-refractivity contribution in [3.8, 4) is 0 Å². The molecule has 134 valence electrons. The van der Waals surface area contributed by atoms with Gasteiger partial charge in [0.1, 0.15) is 0 Å². The number of urea groups is 1. The average molecular weight is 337 g/mol. The van der Waals surface area contributed by atoms with Gasteiger partial charge in [-0.05, 0) is 54.5 Å². The molecule has 1 aromatic rings. The van der Waals surface area contributed by atoms with Crippen LogP contribution in [0, 0.1) is 13.8 Å². The highest BCUT2D eigenvalue weighted by molar-refractivity contribution is 5.97. The van der Waals surface area contributed by atoms with Crippen LogP contribution in [0.2, 0.25) is 0 Å². The lowest BCUT2D eigenvalue weighted by atomic mass is 10.1. The van der Waals surface area contributed by atoms with Crippen LogP contribution in [0.1, 0.15) is 62.4 Å². The van der Waals surface area contributed by atoms with Crippen LogP contribution in [0.25, 0.3) is 0 Å². The first-order valence-electron chi connectivity index (χ1n) is 7.90.